The lowest BCUT2D eigenvalue weighted by molar-refractivity contribution is -0.136. The summed E-state index contributed by atoms with van der Waals surface area (Å²) in [5.41, 5.74) is 2.81. The fourth-order valence-corrected chi connectivity index (χ4v) is 2.79. The van der Waals surface area contributed by atoms with Crippen molar-refractivity contribution in [1.29, 1.82) is 0 Å². The minimum Gasteiger partial charge on any atom is -0.378 e. The molecule has 0 heterocycles. The van der Waals surface area contributed by atoms with Gasteiger partial charge in [0, 0.05) is 50.7 Å². The predicted octanol–water partition coefficient (Wildman–Crippen LogP) is 2.49. The molecule has 0 saturated carbocycles. The number of carbonyl (C=O) groups excluding carboxylic acids is 3. The molecule has 0 aliphatic rings. The van der Waals surface area contributed by atoms with Gasteiger partial charge in [0.25, 0.3) is 5.91 Å². The van der Waals surface area contributed by atoms with Gasteiger partial charge in [0.1, 0.15) is 0 Å². The number of hydrogen-bond donors (Lipinski definition) is 2. The number of hydrogen-bond acceptors (Lipinski definition) is 4. The molecule has 29 heavy (non-hydrogen) atoms. The number of rotatable bonds is 7. The maximum absolute atomic E-state index is 12.4. The van der Waals surface area contributed by atoms with Crippen molar-refractivity contribution < 1.29 is 14.4 Å². The van der Waals surface area contributed by atoms with E-state index in [1.54, 1.807) is 29.2 Å². The maximum atomic E-state index is 12.4. The molecule has 3 amide bonds. The first-order chi connectivity index (χ1) is 13.8. The quantitative estimate of drug-likeness (QED) is 0.705. The van der Waals surface area contributed by atoms with Crippen molar-refractivity contribution in [2.45, 2.75) is 20.4 Å². The van der Waals surface area contributed by atoms with Crippen molar-refractivity contribution in [1.82, 2.24) is 10.2 Å². The number of nitrogens with zero attached hydrogens (tertiary/aromatic N) is 2. The Morgan fingerprint density at radius 2 is 1.55 bits per heavy atom. The van der Waals surface area contributed by atoms with Gasteiger partial charge in [-0.2, -0.15) is 0 Å². The van der Waals surface area contributed by atoms with Crippen LogP contribution in [0.2, 0.25) is 0 Å². The number of amides is 3. The molecule has 0 bridgehead atoms. The largest absolute Gasteiger partial charge is 0.378 e. The highest BCUT2D eigenvalue weighted by Crippen LogP contribution is 2.14. The van der Waals surface area contributed by atoms with Gasteiger partial charge >= 0.3 is 11.8 Å². The topological polar surface area (TPSA) is 81.8 Å². The summed E-state index contributed by atoms with van der Waals surface area (Å²) in [6.45, 7) is 5.27. The first-order valence-electron chi connectivity index (χ1n) is 9.60. The molecular weight excluding hydrogens is 368 g/mol. The van der Waals surface area contributed by atoms with Crippen LogP contribution in [0.4, 0.5) is 11.4 Å². The van der Waals surface area contributed by atoms with Gasteiger partial charge in [-0.1, -0.05) is 18.2 Å². The third-order valence-electron chi connectivity index (χ3n) is 4.53. The maximum Gasteiger partial charge on any atom is 0.313 e. The highest BCUT2D eigenvalue weighted by atomic mass is 16.2. The van der Waals surface area contributed by atoms with E-state index in [0.29, 0.717) is 24.3 Å². The molecule has 0 aliphatic carbocycles. The standard InChI is InChI=1S/C22H28N4O3/c1-5-26(6-2)22(29)17-8-7-9-18(14-17)24-21(28)20(27)23-15-16-10-12-19(13-11-16)25(3)4/h7-14H,5-6,15H2,1-4H3,(H,23,27)(H,24,28). The van der Waals surface area contributed by atoms with Gasteiger partial charge in [0.15, 0.2) is 0 Å². The second-order valence-corrected chi connectivity index (χ2v) is 6.76. The Labute approximate surface area is 171 Å². The summed E-state index contributed by atoms with van der Waals surface area (Å²) in [5, 5.41) is 5.15. The first-order valence-corrected chi connectivity index (χ1v) is 9.60. The molecule has 0 aromatic heterocycles. The van der Waals surface area contributed by atoms with Crippen LogP contribution in [0.3, 0.4) is 0 Å². The van der Waals surface area contributed by atoms with E-state index in [1.165, 1.54) is 0 Å². The second-order valence-electron chi connectivity index (χ2n) is 6.76. The van der Waals surface area contributed by atoms with Crippen LogP contribution in [0.5, 0.6) is 0 Å². The highest BCUT2D eigenvalue weighted by Gasteiger charge is 2.16. The van der Waals surface area contributed by atoms with Crippen LogP contribution in [-0.2, 0) is 16.1 Å². The van der Waals surface area contributed by atoms with E-state index in [-0.39, 0.29) is 12.5 Å². The molecule has 2 rings (SSSR count). The third kappa shape index (κ3) is 6.07. The molecule has 2 aromatic carbocycles. The Kier molecular flexibility index (Phi) is 7.77. The first kappa shape index (κ1) is 21.9. The lowest BCUT2D eigenvalue weighted by Crippen LogP contribution is -2.35. The summed E-state index contributed by atoms with van der Waals surface area (Å²) < 4.78 is 0. The number of benzene rings is 2. The normalized spacial score (nSPS) is 10.2. The van der Waals surface area contributed by atoms with Crippen LogP contribution in [0.25, 0.3) is 0 Å². The van der Waals surface area contributed by atoms with Crippen LogP contribution in [-0.4, -0.2) is 49.8 Å². The van der Waals surface area contributed by atoms with Crippen molar-refractivity contribution in [3.63, 3.8) is 0 Å². The van der Waals surface area contributed by atoms with Crippen LogP contribution in [0.15, 0.2) is 48.5 Å². The van der Waals surface area contributed by atoms with Crippen molar-refractivity contribution in [2.24, 2.45) is 0 Å². The molecule has 7 nitrogen and oxygen atoms in total. The van der Waals surface area contributed by atoms with Gasteiger partial charge in [-0.05, 0) is 49.7 Å². The number of carbonyl (C=O) groups is 3. The molecule has 0 unspecified atom stereocenters. The van der Waals surface area contributed by atoms with E-state index in [1.807, 2.05) is 57.1 Å². The Hall–Kier alpha value is -3.35. The van der Waals surface area contributed by atoms with Gasteiger partial charge < -0.3 is 20.4 Å². The van der Waals surface area contributed by atoms with Gasteiger partial charge in [0.2, 0.25) is 0 Å². The second kappa shape index (κ2) is 10.3. The molecule has 2 aromatic rings. The monoisotopic (exact) mass is 396 g/mol. The summed E-state index contributed by atoms with van der Waals surface area (Å²) in [6, 6.07) is 14.3. The van der Waals surface area contributed by atoms with E-state index in [4.69, 9.17) is 0 Å². The van der Waals surface area contributed by atoms with E-state index in [0.717, 1.165) is 11.3 Å². The van der Waals surface area contributed by atoms with E-state index < -0.39 is 11.8 Å². The summed E-state index contributed by atoms with van der Waals surface area (Å²) >= 11 is 0. The SMILES string of the molecule is CCN(CC)C(=O)c1cccc(NC(=O)C(=O)NCc2ccc(N(C)C)cc2)c1. The van der Waals surface area contributed by atoms with Crippen LogP contribution in [0.1, 0.15) is 29.8 Å². The van der Waals surface area contributed by atoms with Crippen LogP contribution in [0, 0.1) is 0 Å². The zero-order valence-corrected chi connectivity index (χ0v) is 17.4. The number of nitrogens with one attached hydrogen (secondary N) is 2. The van der Waals surface area contributed by atoms with Crippen molar-refractivity contribution in [3.8, 4) is 0 Å². The van der Waals surface area contributed by atoms with Crippen LogP contribution >= 0.6 is 0 Å². The Morgan fingerprint density at radius 3 is 2.14 bits per heavy atom. The highest BCUT2D eigenvalue weighted by molar-refractivity contribution is 6.39. The third-order valence-corrected chi connectivity index (χ3v) is 4.53. The summed E-state index contributed by atoms with van der Waals surface area (Å²) in [7, 11) is 3.90. The predicted molar refractivity (Wildman–Crippen MR) is 115 cm³/mol. The molecule has 2 N–H and O–H groups in total. The number of anilines is 2. The summed E-state index contributed by atoms with van der Waals surface area (Å²) in [5.74, 6) is -1.62. The molecule has 0 aliphatic heterocycles. The molecule has 154 valence electrons. The zero-order valence-electron chi connectivity index (χ0n) is 17.4. The lowest BCUT2D eigenvalue weighted by Gasteiger charge is -2.19. The fraction of sp³-hybridized carbons (Fsp3) is 0.318. The van der Waals surface area contributed by atoms with E-state index in [2.05, 4.69) is 10.6 Å². The minimum absolute atomic E-state index is 0.114. The van der Waals surface area contributed by atoms with Crippen molar-refractivity contribution in [3.05, 3.63) is 59.7 Å². The Bertz CT molecular complexity index is 859. The average molecular weight is 396 g/mol. The molecule has 0 spiro atoms. The summed E-state index contributed by atoms with van der Waals surface area (Å²) in [4.78, 5) is 40.4. The van der Waals surface area contributed by atoms with Gasteiger partial charge in [0.05, 0.1) is 0 Å². The Balaban J connectivity index is 1.94. The molecule has 7 heteroatoms. The molecule has 0 saturated heterocycles. The molecule has 0 radical (unpaired) electrons. The van der Waals surface area contributed by atoms with Crippen LogP contribution < -0.4 is 15.5 Å². The molecular formula is C22H28N4O3. The Morgan fingerprint density at radius 1 is 0.897 bits per heavy atom. The smallest absolute Gasteiger partial charge is 0.313 e. The fourth-order valence-electron chi connectivity index (χ4n) is 2.79. The zero-order chi connectivity index (χ0) is 21.4. The van der Waals surface area contributed by atoms with Gasteiger partial charge in [-0.3, -0.25) is 14.4 Å². The average Bonchev–Trinajstić information content (AvgIpc) is 2.73. The molecule has 0 atom stereocenters. The van der Waals surface area contributed by atoms with Gasteiger partial charge in [-0.15, -0.1) is 0 Å². The lowest BCUT2D eigenvalue weighted by atomic mass is 10.1. The van der Waals surface area contributed by atoms with E-state index >= 15 is 0 Å². The summed E-state index contributed by atoms with van der Waals surface area (Å²) in [6.07, 6.45) is 0. The van der Waals surface area contributed by atoms with Crippen molar-refractivity contribution in [2.75, 3.05) is 37.4 Å². The molecule has 0 fully saturated rings. The van der Waals surface area contributed by atoms with Gasteiger partial charge in [-0.25, -0.2) is 0 Å². The van der Waals surface area contributed by atoms with Crippen molar-refractivity contribution >= 4 is 29.1 Å². The van der Waals surface area contributed by atoms with E-state index in [9.17, 15) is 14.4 Å². The minimum atomic E-state index is -0.776.